The Kier molecular flexibility index (Phi) is 5.71. The van der Waals surface area contributed by atoms with Crippen LogP contribution in [0.25, 0.3) is 0 Å². The van der Waals surface area contributed by atoms with Crippen molar-refractivity contribution in [2.75, 3.05) is 37.4 Å². The Morgan fingerprint density at radius 1 is 1.40 bits per heavy atom. The molecule has 3 N–H and O–H groups in total. The van der Waals surface area contributed by atoms with Gasteiger partial charge in [-0.3, -0.25) is 9.59 Å². The van der Waals surface area contributed by atoms with Gasteiger partial charge < -0.3 is 25.4 Å². The van der Waals surface area contributed by atoms with Crippen LogP contribution in [0.3, 0.4) is 0 Å². The molecule has 0 aromatic heterocycles. The minimum Gasteiger partial charge on any atom is -0.466 e. The predicted octanol–water partition coefficient (Wildman–Crippen LogP) is 0.458. The number of carbonyl (C=O) groups is 3. The Labute approximate surface area is 143 Å². The number of anilines is 2. The van der Waals surface area contributed by atoms with Crippen LogP contribution >= 0.6 is 0 Å². The zero-order valence-electron chi connectivity index (χ0n) is 13.8. The van der Waals surface area contributed by atoms with E-state index in [1.54, 1.807) is 0 Å². The van der Waals surface area contributed by atoms with Crippen molar-refractivity contribution in [1.82, 2.24) is 4.90 Å². The largest absolute Gasteiger partial charge is 0.466 e. The topological polar surface area (TPSA) is 108 Å². The average Bonchev–Trinajstić information content (AvgIpc) is 2.86. The van der Waals surface area contributed by atoms with E-state index in [4.69, 9.17) is 5.11 Å². The van der Waals surface area contributed by atoms with Crippen LogP contribution < -0.4 is 10.6 Å². The molecule has 1 aliphatic rings. The van der Waals surface area contributed by atoms with Crippen LogP contribution in [0.15, 0.2) is 29.5 Å². The molecule has 0 radical (unpaired) electrons. The van der Waals surface area contributed by atoms with Gasteiger partial charge in [-0.1, -0.05) is 0 Å². The van der Waals surface area contributed by atoms with Gasteiger partial charge in [0.05, 0.1) is 31.5 Å². The van der Waals surface area contributed by atoms with E-state index < -0.39 is 23.6 Å². The lowest BCUT2D eigenvalue weighted by Gasteiger charge is -2.15. The number of β-amino-alcohol motifs (C(OH)–C–C–N with tert-alkyl or cyclic N) is 1. The van der Waals surface area contributed by atoms with E-state index in [-0.39, 0.29) is 36.7 Å². The van der Waals surface area contributed by atoms with Crippen molar-refractivity contribution >= 4 is 29.2 Å². The number of rotatable bonds is 6. The number of esters is 1. The maximum absolute atomic E-state index is 13.7. The van der Waals surface area contributed by atoms with Crippen molar-refractivity contribution in [3.05, 3.63) is 35.3 Å². The van der Waals surface area contributed by atoms with Gasteiger partial charge in [0.15, 0.2) is 0 Å². The lowest BCUT2D eigenvalue weighted by atomic mass is 10.2. The molecule has 1 aromatic rings. The van der Waals surface area contributed by atoms with E-state index in [0.717, 1.165) is 6.07 Å². The van der Waals surface area contributed by atoms with E-state index in [1.807, 2.05) is 0 Å². The van der Waals surface area contributed by atoms with E-state index in [1.165, 1.54) is 31.1 Å². The molecule has 0 saturated heterocycles. The summed E-state index contributed by atoms with van der Waals surface area (Å²) in [7, 11) is 1.19. The Balaban J connectivity index is 2.33. The number of methoxy groups -OCH3 is 1. The normalized spacial score (nSPS) is 13.9. The first-order valence-electron chi connectivity index (χ1n) is 7.43. The number of ether oxygens (including phenoxy) is 1. The molecule has 0 saturated carbocycles. The first-order valence-corrected chi connectivity index (χ1v) is 7.43. The number of aliphatic hydroxyl groups is 1. The van der Waals surface area contributed by atoms with E-state index >= 15 is 0 Å². The number of aliphatic hydroxyl groups excluding tert-OH is 1. The molecule has 9 heteroatoms. The van der Waals surface area contributed by atoms with E-state index in [0.29, 0.717) is 5.69 Å². The van der Waals surface area contributed by atoms with Crippen molar-refractivity contribution in [3.63, 3.8) is 0 Å². The zero-order chi connectivity index (χ0) is 18.6. The summed E-state index contributed by atoms with van der Waals surface area (Å²) in [5.74, 6) is -2.25. The minimum atomic E-state index is -0.680. The summed E-state index contributed by atoms with van der Waals surface area (Å²) in [6.45, 7) is 1.04. The van der Waals surface area contributed by atoms with Crippen LogP contribution in [0.1, 0.15) is 6.92 Å². The Morgan fingerprint density at radius 3 is 2.72 bits per heavy atom. The van der Waals surface area contributed by atoms with Gasteiger partial charge >= 0.3 is 5.97 Å². The number of nitrogens with one attached hydrogen (secondary N) is 2. The third-order valence-electron chi connectivity index (χ3n) is 3.50. The van der Waals surface area contributed by atoms with Gasteiger partial charge in [-0.25, -0.2) is 9.18 Å². The number of hydrogen-bond donors (Lipinski definition) is 3. The van der Waals surface area contributed by atoms with Gasteiger partial charge in [-0.2, -0.15) is 0 Å². The molecule has 0 spiro atoms. The monoisotopic (exact) mass is 351 g/mol. The van der Waals surface area contributed by atoms with Gasteiger partial charge in [0.25, 0.3) is 5.91 Å². The standard InChI is InChI=1S/C16H18FN3O5/c1-9(22)18-13-7-10(3-4-12(13)17)19-14-11(16(24)25-2)8-20(5-6-21)15(14)23/h3-4,7,19,21H,5-6,8H2,1-2H3,(H,18,22). The average molecular weight is 351 g/mol. The molecule has 2 rings (SSSR count). The number of hydrogen-bond acceptors (Lipinski definition) is 6. The predicted molar refractivity (Wildman–Crippen MR) is 87.0 cm³/mol. The molecule has 8 nitrogen and oxygen atoms in total. The second-order valence-electron chi connectivity index (χ2n) is 5.30. The fourth-order valence-electron chi connectivity index (χ4n) is 2.38. The molecule has 1 aromatic carbocycles. The van der Waals surface area contributed by atoms with Gasteiger partial charge in [0.2, 0.25) is 5.91 Å². The second-order valence-corrected chi connectivity index (χ2v) is 5.30. The molecular weight excluding hydrogens is 333 g/mol. The SMILES string of the molecule is COC(=O)C1=C(Nc2ccc(F)c(NC(C)=O)c2)C(=O)N(CCO)C1. The van der Waals surface area contributed by atoms with Gasteiger partial charge in [0, 0.05) is 19.2 Å². The molecule has 25 heavy (non-hydrogen) atoms. The minimum absolute atomic E-state index is 0.00581. The summed E-state index contributed by atoms with van der Waals surface area (Å²) < 4.78 is 18.4. The smallest absolute Gasteiger partial charge is 0.337 e. The third kappa shape index (κ3) is 4.13. The third-order valence-corrected chi connectivity index (χ3v) is 3.50. The molecular formula is C16H18FN3O5. The highest BCUT2D eigenvalue weighted by Gasteiger charge is 2.34. The molecule has 0 fully saturated rings. The Hall–Kier alpha value is -2.94. The van der Waals surface area contributed by atoms with Crippen LogP contribution in [-0.4, -0.2) is 54.6 Å². The van der Waals surface area contributed by atoms with Crippen LogP contribution in [0.4, 0.5) is 15.8 Å². The van der Waals surface area contributed by atoms with Gasteiger partial charge in [-0.15, -0.1) is 0 Å². The van der Waals surface area contributed by atoms with Crippen LogP contribution in [0.5, 0.6) is 0 Å². The first kappa shape index (κ1) is 18.4. The summed E-state index contributed by atoms with van der Waals surface area (Å²) in [5, 5.41) is 14.1. The van der Waals surface area contributed by atoms with Crippen molar-refractivity contribution in [2.45, 2.75) is 6.92 Å². The summed E-state index contributed by atoms with van der Waals surface area (Å²) >= 11 is 0. The van der Waals surface area contributed by atoms with Crippen LogP contribution in [0.2, 0.25) is 0 Å². The number of benzene rings is 1. The van der Waals surface area contributed by atoms with Crippen molar-refractivity contribution in [3.8, 4) is 0 Å². The highest BCUT2D eigenvalue weighted by Crippen LogP contribution is 2.25. The summed E-state index contributed by atoms with van der Waals surface area (Å²) in [4.78, 5) is 36.7. The lowest BCUT2D eigenvalue weighted by molar-refractivity contribution is -0.136. The molecule has 1 heterocycles. The number of halogens is 1. The summed E-state index contributed by atoms with van der Waals surface area (Å²) in [6, 6.07) is 3.79. The maximum Gasteiger partial charge on any atom is 0.337 e. The molecule has 1 aliphatic heterocycles. The molecule has 0 bridgehead atoms. The van der Waals surface area contributed by atoms with Crippen molar-refractivity contribution in [1.29, 1.82) is 0 Å². The Morgan fingerprint density at radius 2 is 2.12 bits per heavy atom. The fourth-order valence-corrected chi connectivity index (χ4v) is 2.38. The Bertz CT molecular complexity index is 747. The molecule has 0 atom stereocenters. The fraction of sp³-hybridized carbons (Fsp3) is 0.312. The summed E-state index contributed by atoms with van der Waals surface area (Å²) in [5.41, 5.74) is 0.336. The first-order chi connectivity index (χ1) is 11.9. The van der Waals surface area contributed by atoms with Crippen molar-refractivity contribution < 1.29 is 28.6 Å². The lowest BCUT2D eigenvalue weighted by Crippen LogP contribution is -2.31. The number of carbonyl (C=O) groups excluding carboxylic acids is 3. The zero-order valence-corrected chi connectivity index (χ0v) is 13.8. The molecule has 0 unspecified atom stereocenters. The summed E-state index contributed by atoms with van der Waals surface area (Å²) in [6.07, 6.45) is 0. The van der Waals surface area contributed by atoms with Gasteiger partial charge in [-0.05, 0) is 18.2 Å². The molecule has 134 valence electrons. The number of amides is 2. The van der Waals surface area contributed by atoms with Crippen LogP contribution in [0, 0.1) is 5.82 Å². The van der Waals surface area contributed by atoms with Crippen molar-refractivity contribution in [2.24, 2.45) is 0 Å². The highest BCUT2D eigenvalue weighted by atomic mass is 19.1. The second kappa shape index (κ2) is 7.75. The van der Waals surface area contributed by atoms with Crippen LogP contribution in [-0.2, 0) is 19.1 Å². The highest BCUT2D eigenvalue weighted by molar-refractivity contribution is 6.08. The quantitative estimate of drug-likeness (QED) is 0.643. The van der Waals surface area contributed by atoms with E-state index in [9.17, 15) is 18.8 Å². The number of nitrogens with zero attached hydrogens (tertiary/aromatic N) is 1. The maximum atomic E-state index is 13.7. The molecule has 0 aliphatic carbocycles. The van der Waals surface area contributed by atoms with Gasteiger partial charge in [0.1, 0.15) is 11.5 Å². The van der Waals surface area contributed by atoms with E-state index in [2.05, 4.69) is 15.4 Å². The molecule has 2 amide bonds.